The van der Waals surface area contributed by atoms with Crippen molar-refractivity contribution >= 4 is 19.5 Å². The molecule has 1 aromatic carbocycles. The van der Waals surface area contributed by atoms with Crippen molar-refractivity contribution in [2.75, 3.05) is 0 Å². The molecule has 0 fully saturated rings. The van der Waals surface area contributed by atoms with Crippen LogP contribution in [-0.4, -0.2) is 48.3 Å². The van der Waals surface area contributed by atoms with Gasteiger partial charge in [0.15, 0.2) is 0 Å². The maximum atomic E-state index is 11.5. The van der Waals surface area contributed by atoms with E-state index in [9.17, 15) is 29.0 Å². The molecule has 0 aliphatic carbocycles. The number of hydrogen-bond acceptors (Lipinski definition) is 4. The Morgan fingerprint density at radius 3 is 1.75 bits per heavy atom. The number of benzene rings is 1. The van der Waals surface area contributed by atoms with Gasteiger partial charge < -0.3 is 25.1 Å². The van der Waals surface area contributed by atoms with E-state index in [2.05, 4.69) is 0 Å². The Labute approximate surface area is 165 Å². The quantitative estimate of drug-likeness (QED) is 0.381. The molecule has 0 bridgehead atoms. The van der Waals surface area contributed by atoms with Crippen LogP contribution in [0.15, 0.2) is 18.2 Å². The summed E-state index contributed by atoms with van der Waals surface area (Å²) >= 11 is 0. The number of aliphatic hydroxyl groups is 1. The SMILES string of the molecule is CCCCC(O)C(CC)(CC)P(=O)(O)O.Cc1c(C(=O)O)cccc1C(=O)O. The van der Waals surface area contributed by atoms with E-state index in [0.717, 1.165) is 12.8 Å². The Hall–Kier alpha value is -1.73. The maximum Gasteiger partial charge on any atom is 0.335 e. The molecule has 0 saturated carbocycles. The average molecular weight is 418 g/mol. The zero-order chi connectivity index (χ0) is 22.1. The lowest BCUT2D eigenvalue weighted by Crippen LogP contribution is -2.41. The average Bonchev–Trinajstić information content (AvgIpc) is 2.60. The summed E-state index contributed by atoms with van der Waals surface area (Å²) in [6, 6.07) is 4.17. The van der Waals surface area contributed by atoms with Crippen molar-refractivity contribution in [3.8, 4) is 0 Å². The van der Waals surface area contributed by atoms with Gasteiger partial charge in [-0.2, -0.15) is 0 Å². The van der Waals surface area contributed by atoms with Crippen LogP contribution >= 0.6 is 7.60 Å². The fourth-order valence-corrected chi connectivity index (χ4v) is 4.43. The highest BCUT2D eigenvalue weighted by Gasteiger charge is 2.49. The first kappa shape index (κ1) is 26.3. The maximum absolute atomic E-state index is 11.5. The Balaban J connectivity index is 0.000000525. The van der Waals surface area contributed by atoms with Crippen LogP contribution in [-0.2, 0) is 4.57 Å². The fraction of sp³-hybridized carbons (Fsp3) is 0.579. The first-order chi connectivity index (χ1) is 12.9. The van der Waals surface area contributed by atoms with Crippen molar-refractivity contribution in [2.45, 2.75) is 71.1 Å². The molecule has 0 saturated heterocycles. The van der Waals surface area contributed by atoms with Gasteiger partial charge in [-0.1, -0.05) is 39.7 Å². The molecule has 1 rings (SSSR count). The zero-order valence-corrected chi connectivity index (χ0v) is 17.6. The number of hydrogen-bond donors (Lipinski definition) is 5. The molecule has 1 unspecified atom stereocenters. The van der Waals surface area contributed by atoms with Crippen LogP contribution in [0.25, 0.3) is 0 Å². The highest BCUT2D eigenvalue weighted by atomic mass is 31.2. The lowest BCUT2D eigenvalue weighted by Gasteiger charge is -2.36. The highest BCUT2D eigenvalue weighted by molar-refractivity contribution is 7.53. The van der Waals surface area contributed by atoms with Gasteiger partial charge in [0.25, 0.3) is 0 Å². The second-order valence-corrected chi connectivity index (χ2v) is 8.58. The second-order valence-electron chi connectivity index (χ2n) is 6.60. The summed E-state index contributed by atoms with van der Waals surface area (Å²) in [5.74, 6) is -2.22. The van der Waals surface area contributed by atoms with Crippen LogP contribution in [0.4, 0.5) is 0 Å². The van der Waals surface area contributed by atoms with Gasteiger partial charge in [-0.05, 0) is 43.9 Å². The normalized spacial score (nSPS) is 12.7. The molecule has 0 aliphatic rings. The Kier molecular flexibility index (Phi) is 10.6. The predicted octanol–water partition coefficient (Wildman–Crippen LogP) is 3.67. The van der Waals surface area contributed by atoms with Gasteiger partial charge >= 0.3 is 19.5 Å². The third kappa shape index (κ3) is 6.41. The standard InChI is InChI=1S/C10H23O4P.C9H8O4/c1-4-7-8-9(11)10(5-2,6-3)15(12,13)14;1-5-6(8(10)11)3-2-4-7(5)9(12)13/h9,11H,4-8H2,1-3H3,(H2,12,13,14);2-4H,1H3,(H,10,11)(H,12,13). The molecule has 28 heavy (non-hydrogen) atoms. The number of carbonyl (C=O) groups is 2. The number of unbranched alkanes of at least 4 members (excludes halogenated alkanes) is 1. The topological polar surface area (TPSA) is 152 Å². The minimum Gasteiger partial charge on any atom is -0.478 e. The third-order valence-corrected chi connectivity index (χ3v) is 7.14. The van der Waals surface area contributed by atoms with Crippen LogP contribution in [0.1, 0.15) is 79.2 Å². The van der Waals surface area contributed by atoms with E-state index in [1.54, 1.807) is 13.8 Å². The van der Waals surface area contributed by atoms with E-state index in [1.165, 1.54) is 25.1 Å². The molecular formula is C19H31O8P. The molecule has 160 valence electrons. The lowest BCUT2D eigenvalue weighted by atomic mass is 9.92. The first-order valence-corrected chi connectivity index (χ1v) is 10.8. The molecule has 0 spiro atoms. The van der Waals surface area contributed by atoms with E-state index >= 15 is 0 Å². The smallest absolute Gasteiger partial charge is 0.335 e. The molecule has 0 aliphatic heterocycles. The molecule has 9 heteroatoms. The van der Waals surface area contributed by atoms with Crippen LogP contribution < -0.4 is 0 Å². The summed E-state index contributed by atoms with van der Waals surface area (Å²) in [6.45, 7) is 6.91. The predicted molar refractivity (Wildman–Crippen MR) is 106 cm³/mol. The van der Waals surface area contributed by atoms with Crippen molar-refractivity contribution in [1.82, 2.24) is 0 Å². The lowest BCUT2D eigenvalue weighted by molar-refractivity contribution is 0.0695. The van der Waals surface area contributed by atoms with Crippen molar-refractivity contribution in [3.63, 3.8) is 0 Å². The monoisotopic (exact) mass is 418 g/mol. The summed E-state index contributed by atoms with van der Waals surface area (Å²) in [6.07, 6.45) is 1.87. The summed E-state index contributed by atoms with van der Waals surface area (Å²) in [5, 5.41) is 26.0. The molecule has 1 aromatic rings. The number of carboxylic acids is 2. The van der Waals surface area contributed by atoms with Crippen molar-refractivity contribution < 1.29 is 39.3 Å². The third-order valence-electron chi connectivity index (χ3n) is 5.05. The highest BCUT2D eigenvalue weighted by Crippen LogP contribution is 2.57. The van der Waals surface area contributed by atoms with Crippen LogP contribution in [0.3, 0.4) is 0 Å². The zero-order valence-electron chi connectivity index (χ0n) is 16.8. The van der Waals surface area contributed by atoms with Gasteiger partial charge in [0.05, 0.1) is 22.4 Å². The second kappa shape index (κ2) is 11.3. The fourth-order valence-electron chi connectivity index (χ4n) is 3.09. The summed E-state index contributed by atoms with van der Waals surface area (Å²) in [5.41, 5.74) is 0.335. The Bertz CT molecular complexity index is 674. The molecule has 0 aromatic heterocycles. The number of aliphatic hydroxyl groups excluding tert-OH is 1. The molecular weight excluding hydrogens is 387 g/mol. The number of rotatable bonds is 9. The van der Waals surface area contributed by atoms with E-state index in [4.69, 9.17) is 10.2 Å². The molecule has 0 heterocycles. The molecule has 8 nitrogen and oxygen atoms in total. The van der Waals surface area contributed by atoms with E-state index in [0.29, 0.717) is 19.3 Å². The van der Waals surface area contributed by atoms with Gasteiger partial charge in [-0.25, -0.2) is 9.59 Å². The van der Waals surface area contributed by atoms with Gasteiger partial charge in [-0.15, -0.1) is 0 Å². The molecule has 0 amide bonds. The molecule has 5 N–H and O–H groups in total. The minimum absolute atomic E-state index is 0.0277. The van der Waals surface area contributed by atoms with E-state index in [-0.39, 0.29) is 16.7 Å². The van der Waals surface area contributed by atoms with Crippen LogP contribution in [0.2, 0.25) is 0 Å². The number of carboxylic acid groups (broad SMARTS) is 2. The Morgan fingerprint density at radius 2 is 1.46 bits per heavy atom. The summed E-state index contributed by atoms with van der Waals surface area (Å²) < 4.78 is 11.5. The largest absolute Gasteiger partial charge is 0.478 e. The summed E-state index contributed by atoms with van der Waals surface area (Å²) in [7, 11) is -4.25. The minimum atomic E-state index is -4.25. The molecule has 1 atom stereocenters. The first-order valence-electron chi connectivity index (χ1n) is 9.19. The van der Waals surface area contributed by atoms with Crippen molar-refractivity contribution in [3.05, 3.63) is 34.9 Å². The van der Waals surface area contributed by atoms with E-state index in [1.807, 2.05) is 6.92 Å². The van der Waals surface area contributed by atoms with Crippen molar-refractivity contribution in [2.24, 2.45) is 0 Å². The summed E-state index contributed by atoms with van der Waals surface area (Å²) in [4.78, 5) is 39.9. The van der Waals surface area contributed by atoms with Gasteiger partial charge in [-0.3, -0.25) is 4.57 Å². The van der Waals surface area contributed by atoms with Crippen molar-refractivity contribution in [1.29, 1.82) is 0 Å². The van der Waals surface area contributed by atoms with Crippen LogP contribution in [0.5, 0.6) is 0 Å². The van der Waals surface area contributed by atoms with Gasteiger partial charge in [0.1, 0.15) is 0 Å². The Morgan fingerprint density at radius 1 is 1.04 bits per heavy atom. The van der Waals surface area contributed by atoms with Crippen LogP contribution in [0, 0.1) is 6.92 Å². The molecule has 0 radical (unpaired) electrons. The van der Waals surface area contributed by atoms with Gasteiger partial charge in [0.2, 0.25) is 0 Å². The number of aromatic carboxylic acids is 2. The van der Waals surface area contributed by atoms with E-state index < -0.39 is 30.8 Å². The van der Waals surface area contributed by atoms with Gasteiger partial charge in [0, 0.05) is 0 Å².